The predicted octanol–water partition coefficient (Wildman–Crippen LogP) is 4.73. The van der Waals surface area contributed by atoms with Gasteiger partial charge in [-0.1, -0.05) is 50.1 Å². The molecule has 0 atom stereocenters. The van der Waals surface area contributed by atoms with Crippen LogP contribution in [0.1, 0.15) is 51.0 Å². The van der Waals surface area contributed by atoms with Gasteiger partial charge in [0.1, 0.15) is 0 Å². The zero-order valence-electron chi connectivity index (χ0n) is 12.2. The van der Waals surface area contributed by atoms with E-state index in [-0.39, 0.29) is 18.2 Å². The van der Waals surface area contributed by atoms with Crippen molar-refractivity contribution in [2.24, 2.45) is 5.92 Å². The third-order valence-corrected chi connectivity index (χ3v) is 4.35. The first-order valence-corrected chi connectivity index (χ1v) is 7.78. The Kier molecular flexibility index (Phi) is 5.53. The van der Waals surface area contributed by atoms with Crippen molar-refractivity contribution in [3.8, 4) is 0 Å². The molecule has 1 N–H and O–H groups in total. The summed E-state index contributed by atoms with van der Waals surface area (Å²) in [5.41, 5.74) is 0.104. The highest BCUT2D eigenvalue weighted by molar-refractivity contribution is 5.20. The van der Waals surface area contributed by atoms with E-state index in [1.54, 1.807) is 18.2 Å². The third-order valence-electron chi connectivity index (χ3n) is 4.35. The molecular formula is C17H25F2N. The molecular weight excluding hydrogens is 256 g/mol. The molecule has 0 bridgehead atoms. The molecule has 20 heavy (non-hydrogen) atoms. The summed E-state index contributed by atoms with van der Waals surface area (Å²) in [7, 11) is 0. The molecule has 0 heterocycles. The molecule has 1 nitrogen and oxygen atoms in total. The zero-order chi connectivity index (χ0) is 14.4. The van der Waals surface area contributed by atoms with Gasteiger partial charge in [0.25, 0.3) is 5.92 Å². The molecule has 1 aliphatic rings. The van der Waals surface area contributed by atoms with Crippen molar-refractivity contribution in [1.82, 2.24) is 5.32 Å². The summed E-state index contributed by atoms with van der Waals surface area (Å²) < 4.78 is 28.1. The van der Waals surface area contributed by atoms with Crippen LogP contribution in [0, 0.1) is 5.92 Å². The number of rotatable bonds is 6. The van der Waals surface area contributed by atoms with Crippen LogP contribution in [0.15, 0.2) is 30.3 Å². The average Bonchev–Trinajstić information content (AvgIpc) is 2.48. The Labute approximate surface area is 120 Å². The Morgan fingerprint density at radius 1 is 1.10 bits per heavy atom. The second-order valence-corrected chi connectivity index (χ2v) is 5.96. The summed E-state index contributed by atoms with van der Waals surface area (Å²) in [6.45, 7) is 1.96. The van der Waals surface area contributed by atoms with Crippen LogP contribution in [-0.4, -0.2) is 12.6 Å². The van der Waals surface area contributed by atoms with E-state index >= 15 is 0 Å². The maximum atomic E-state index is 14.0. The highest BCUT2D eigenvalue weighted by Crippen LogP contribution is 2.30. The van der Waals surface area contributed by atoms with Gasteiger partial charge in [-0.2, -0.15) is 8.78 Å². The summed E-state index contributed by atoms with van der Waals surface area (Å²) in [4.78, 5) is 0. The first-order chi connectivity index (χ1) is 9.62. The molecule has 112 valence electrons. The van der Waals surface area contributed by atoms with Crippen LogP contribution >= 0.6 is 0 Å². The normalized spacial score (nSPS) is 23.8. The van der Waals surface area contributed by atoms with Crippen molar-refractivity contribution in [3.63, 3.8) is 0 Å². The second-order valence-electron chi connectivity index (χ2n) is 5.96. The van der Waals surface area contributed by atoms with E-state index in [9.17, 15) is 8.78 Å². The van der Waals surface area contributed by atoms with E-state index in [2.05, 4.69) is 12.2 Å². The largest absolute Gasteiger partial charge is 0.308 e. The van der Waals surface area contributed by atoms with Gasteiger partial charge in [0.15, 0.2) is 0 Å². The van der Waals surface area contributed by atoms with Crippen LogP contribution in [-0.2, 0) is 5.92 Å². The molecule has 0 spiro atoms. The van der Waals surface area contributed by atoms with Crippen molar-refractivity contribution < 1.29 is 8.78 Å². The van der Waals surface area contributed by atoms with Crippen molar-refractivity contribution >= 4 is 0 Å². The van der Waals surface area contributed by atoms with Crippen LogP contribution in [0.25, 0.3) is 0 Å². The zero-order valence-corrected chi connectivity index (χ0v) is 12.2. The van der Waals surface area contributed by atoms with Gasteiger partial charge in [0.2, 0.25) is 0 Å². The molecule has 1 aliphatic carbocycles. The van der Waals surface area contributed by atoms with Crippen LogP contribution in [0.3, 0.4) is 0 Å². The van der Waals surface area contributed by atoms with Gasteiger partial charge in [-0.15, -0.1) is 0 Å². The first kappa shape index (κ1) is 15.4. The van der Waals surface area contributed by atoms with E-state index in [0.29, 0.717) is 0 Å². The minimum absolute atomic E-state index is 0.104. The van der Waals surface area contributed by atoms with E-state index < -0.39 is 5.92 Å². The Morgan fingerprint density at radius 2 is 1.75 bits per heavy atom. The Morgan fingerprint density at radius 3 is 2.35 bits per heavy atom. The molecule has 1 saturated carbocycles. The SMILES string of the molecule is CCCC1CCC(NCC(F)(F)c2ccccc2)CC1. The smallest absolute Gasteiger partial charge is 0.285 e. The lowest BCUT2D eigenvalue weighted by atomic mass is 9.83. The fourth-order valence-corrected chi connectivity index (χ4v) is 3.12. The molecule has 0 radical (unpaired) electrons. The molecule has 0 amide bonds. The summed E-state index contributed by atoms with van der Waals surface area (Å²) >= 11 is 0. The first-order valence-electron chi connectivity index (χ1n) is 7.78. The molecule has 0 aliphatic heterocycles. The van der Waals surface area contributed by atoms with E-state index in [1.807, 2.05) is 0 Å². The van der Waals surface area contributed by atoms with Crippen LogP contribution in [0.4, 0.5) is 8.78 Å². The van der Waals surface area contributed by atoms with E-state index in [4.69, 9.17) is 0 Å². The maximum absolute atomic E-state index is 14.0. The van der Waals surface area contributed by atoms with Gasteiger partial charge in [0, 0.05) is 11.6 Å². The van der Waals surface area contributed by atoms with Crippen LogP contribution in [0.2, 0.25) is 0 Å². The maximum Gasteiger partial charge on any atom is 0.285 e. The number of hydrogen-bond acceptors (Lipinski definition) is 1. The quantitative estimate of drug-likeness (QED) is 0.795. The molecule has 0 unspecified atom stereocenters. The number of benzene rings is 1. The fourth-order valence-electron chi connectivity index (χ4n) is 3.12. The second kappa shape index (κ2) is 7.16. The number of nitrogens with one attached hydrogen (secondary N) is 1. The van der Waals surface area contributed by atoms with Gasteiger partial charge in [-0.25, -0.2) is 0 Å². The topological polar surface area (TPSA) is 12.0 Å². The van der Waals surface area contributed by atoms with Gasteiger partial charge in [-0.05, 0) is 31.6 Å². The van der Waals surface area contributed by atoms with Crippen LogP contribution in [0.5, 0.6) is 0 Å². The highest BCUT2D eigenvalue weighted by Gasteiger charge is 2.32. The van der Waals surface area contributed by atoms with Crippen molar-refractivity contribution in [1.29, 1.82) is 0 Å². The number of halogens is 2. The summed E-state index contributed by atoms with van der Waals surface area (Å²) in [5, 5.41) is 3.07. The monoisotopic (exact) mass is 281 g/mol. The number of hydrogen-bond donors (Lipinski definition) is 1. The molecule has 0 aromatic heterocycles. The Balaban J connectivity index is 1.78. The van der Waals surface area contributed by atoms with Crippen molar-refractivity contribution in [2.45, 2.75) is 57.4 Å². The number of alkyl halides is 2. The van der Waals surface area contributed by atoms with Gasteiger partial charge >= 0.3 is 0 Å². The minimum Gasteiger partial charge on any atom is -0.308 e. The lowest BCUT2D eigenvalue weighted by molar-refractivity contribution is -0.00727. The van der Waals surface area contributed by atoms with Crippen LogP contribution < -0.4 is 5.32 Å². The molecule has 3 heteroatoms. The standard InChI is InChI=1S/C17H25F2N/c1-2-6-14-9-11-16(12-10-14)20-13-17(18,19)15-7-4-3-5-8-15/h3-5,7-8,14,16,20H,2,6,9-13H2,1H3. The van der Waals surface area contributed by atoms with Gasteiger partial charge in [-0.3, -0.25) is 0 Å². The average molecular weight is 281 g/mol. The molecule has 2 rings (SSSR count). The molecule has 1 fully saturated rings. The summed E-state index contributed by atoms with van der Waals surface area (Å²) in [6.07, 6.45) is 6.96. The molecule has 1 aromatic rings. The lowest BCUT2D eigenvalue weighted by Crippen LogP contribution is -2.39. The van der Waals surface area contributed by atoms with E-state index in [0.717, 1.165) is 18.8 Å². The summed E-state index contributed by atoms with van der Waals surface area (Å²) in [5.74, 6) is -1.96. The minimum atomic E-state index is -2.78. The third kappa shape index (κ3) is 4.27. The predicted molar refractivity (Wildman–Crippen MR) is 79.0 cm³/mol. The highest BCUT2D eigenvalue weighted by atomic mass is 19.3. The Bertz CT molecular complexity index is 383. The molecule has 0 saturated heterocycles. The fraction of sp³-hybridized carbons (Fsp3) is 0.647. The van der Waals surface area contributed by atoms with Gasteiger partial charge < -0.3 is 5.32 Å². The van der Waals surface area contributed by atoms with Crippen molar-refractivity contribution in [2.75, 3.05) is 6.54 Å². The van der Waals surface area contributed by atoms with Gasteiger partial charge in [0.05, 0.1) is 6.54 Å². The summed E-state index contributed by atoms with van der Waals surface area (Å²) in [6, 6.07) is 8.36. The molecule has 1 aromatic carbocycles. The van der Waals surface area contributed by atoms with Crippen molar-refractivity contribution in [3.05, 3.63) is 35.9 Å². The Hall–Kier alpha value is -0.960. The lowest BCUT2D eigenvalue weighted by Gasteiger charge is -2.30. The van der Waals surface area contributed by atoms with E-state index in [1.165, 1.54) is 37.8 Å².